The van der Waals surface area contributed by atoms with Crippen LogP contribution in [0.4, 0.5) is 0 Å². The number of benzene rings is 3. The van der Waals surface area contributed by atoms with Crippen molar-refractivity contribution in [3.8, 4) is 11.1 Å². The highest BCUT2D eigenvalue weighted by molar-refractivity contribution is 5.93. The number of nitrogens with zero attached hydrogens (tertiary/aromatic N) is 2. The van der Waals surface area contributed by atoms with E-state index in [1.165, 1.54) is 19.3 Å². The minimum atomic E-state index is -0.509. The fraction of sp³-hybridized carbons (Fsp3) is 0.351. The highest BCUT2D eigenvalue weighted by Crippen LogP contribution is 2.42. The lowest BCUT2D eigenvalue weighted by Crippen LogP contribution is -2.45. The van der Waals surface area contributed by atoms with E-state index < -0.39 is 6.29 Å². The van der Waals surface area contributed by atoms with Crippen LogP contribution in [0.15, 0.2) is 97.3 Å². The number of rotatable bonds is 9. The Balaban J connectivity index is 1.22. The van der Waals surface area contributed by atoms with Crippen LogP contribution in [-0.2, 0) is 22.6 Å². The van der Waals surface area contributed by atoms with Gasteiger partial charge in [-0.05, 0) is 78.0 Å². The molecule has 7 heteroatoms. The number of pyridine rings is 1. The largest absolute Gasteiger partial charge is 0.392 e. The molecule has 1 aromatic heterocycles. The second-order valence-electron chi connectivity index (χ2n) is 11.9. The first-order valence-electron chi connectivity index (χ1n) is 15.7. The van der Waals surface area contributed by atoms with Crippen molar-refractivity contribution in [3.05, 3.63) is 125 Å². The van der Waals surface area contributed by atoms with Gasteiger partial charge in [0.1, 0.15) is 0 Å². The molecule has 2 saturated heterocycles. The van der Waals surface area contributed by atoms with Crippen molar-refractivity contribution in [1.29, 1.82) is 0 Å². The molecular formula is C37H41N3O4. The molecule has 0 aliphatic carbocycles. The number of hydrogen-bond acceptors (Lipinski definition) is 6. The van der Waals surface area contributed by atoms with Crippen LogP contribution in [0.3, 0.4) is 0 Å². The molecule has 2 aliphatic heterocycles. The van der Waals surface area contributed by atoms with Gasteiger partial charge in [0.15, 0.2) is 6.29 Å². The number of amides is 1. The van der Waals surface area contributed by atoms with Gasteiger partial charge in [-0.3, -0.25) is 9.78 Å². The van der Waals surface area contributed by atoms with Gasteiger partial charge in [0.2, 0.25) is 0 Å². The Hall–Kier alpha value is -3.88. The average Bonchev–Trinajstić information content (AvgIpc) is 3.09. The average molecular weight is 592 g/mol. The summed E-state index contributed by atoms with van der Waals surface area (Å²) in [6.07, 6.45) is 6.38. The number of aliphatic hydroxyl groups is 1. The van der Waals surface area contributed by atoms with Gasteiger partial charge in [0.25, 0.3) is 5.91 Å². The van der Waals surface area contributed by atoms with Crippen LogP contribution in [0.1, 0.15) is 71.2 Å². The number of aliphatic hydroxyl groups excluding tert-OH is 1. The number of likely N-dealkylation sites (tertiary alicyclic amines) is 1. The van der Waals surface area contributed by atoms with Crippen molar-refractivity contribution >= 4 is 5.91 Å². The number of carbonyl (C=O) groups is 1. The number of hydrogen-bond donors (Lipinski definition) is 2. The van der Waals surface area contributed by atoms with Gasteiger partial charge in [-0.1, -0.05) is 74.0 Å². The Kier molecular flexibility index (Phi) is 9.78. The predicted molar refractivity (Wildman–Crippen MR) is 171 cm³/mol. The molecule has 4 atom stereocenters. The maximum Gasteiger partial charge on any atom is 0.253 e. The molecule has 0 radical (unpaired) electrons. The minimum absolute atomic E-state index is 0.0183. The summed E-state index contributed by atoms with van der Waals surface area (Å²) in [6, 6.07) is 28.2. The molecule has 3 aromatic carbocycles. The quantitative estimate of drug-likeness (QED) is 0.233. The number of piperidine rings is 1. The third kappa shape index (κ3) is 7.25. The molecule has 2 fully saturated rings. The molecule has 3 heterocycles. The third-order valence-corrected chi connectivity index (χ3v) is 8.81. The molecule has 2 aliphatic rings. The van der Waals surface area contributed by atoms with E-state index in [0.717, 1.165) is 53.0 Å². The van der Waals surface area contributed by atoms with Gasteiger partial charge in [-0.15, -0.1) is 0 Å². The summed E-state index contributed by atoms with van der Waals surface area (Å²) in [6.45, 7) is 5.78. The molecule has 0 spiro atoms. The van der Waals surface area contributed by atoms with E-state index in [-0.39, 0.29) is 30.6 Å². The first-order valence-corrected chi connectivity index (χ1v) is 15.7. The van der Waals surface area contributed by atoms with Crippen LogP contribution >= 0.6 is 0 Å². The predicted octanol–water partition coefficient (Wildman–Crippen LogP) is 6.45. The highest BCUT2D eigenvalue weighted by Gasteiger charge is 2.39. The van der Waals surface area contributed by atoms with E-state index in [1.807, 2.05) is 24.3 Å². The van der Waals surface area contributed by atoms with Crippen LogP contribution in [0.2, 0.25) is 0 Å². The van der Waals surface area contributed by atoms with Gasteiger partial charge in [0.05, 0.1) is 24.4 Å². The standard InChI is InChI=1S/C37H41N3O4/c1-26-34(24-40-18-3-2-4-19-40)43-37(44-35(26)29-15-13-27(25-41)14-16-29)32-11-6-10-31(21-32)30-9-5-8-28(20-30)22-39-36(42)33-12-7-17-38-23-33/h5-17,20-21,23,26,34-35,37,41H,2-4,18-19,22,24-25H2,1H3,(H,39,42)/t26-,34+,35+,37+/m0/s1. The molecule has 7 nitrogen and oxygen atoms in total. The number of carbonyl (C=O) groups excluding carboxylic acids is 1. The van der Waals surface area contributed by atoms with Crippen molar-refractivity contribution in [1.82, 2.24) is 15.2 Å². The summed E-state index contributed by atoms with van der Waals surface area (Å²) in [5, 5.41) is 12.6. The minimum Gasteiger partial charge on any atom is -0.392 e. The zero-order valence-electron chi connectivity index (χ0n) is 25.3. The van der Waals surface area contributed by atoms with Gasteiger partial charge in [0, 0.05) is 37.0 Å². The van der Waals surface area contributed by atoms with Crippen molar-refractivity contribution in [2.24, 2.45) is 5.92 Å². The number of aromatic nitrogens is 1. The highest BCUT2D eigenvalue weighted by atomic mass is 16.7. The second-order valence-corrected chi connectivity index (χ2v) is 11.9. The van der Waals surface area contributed by atoms with Crippen molar-refractivity contribution < 1.29 is 19.4 Å². The van der Waals surface area contributed by atoms with E-state index in [9.17, 15) is 9.90 Å². The molecule has 228 valence electrons. The van der Waals surface area contributed by atoms with E-state index in [1.54, 1.807) is 24.5 Å². The third-order valence-electron chi connectivity index (χ3n) is 8.81. The van der Waals surface area contributed by atoms with E-state index in [0.29, 0.717) is 12.1 Å². The zero-order valence-corrected chi connectivity index (χ0v) is 25.3. The Bertz CT molecular complexity index is 1520. The Labute approximate surface area is 259 Å². The Morgan fingerprint density at radius 3 is 2.41 bits per heavy atom. The van der Waals surface area contributed by atoms with Crippen LogP contribution in [0.5, 0.6) is 0 Å². The summed E-state index contributed by atoms with van der Waals surface area (Å²) >= 11 is 0. The van der Waals surface area contributed by atoms with Gasteiger partial charge in [-0.25, -0.2) is 0 Å². The lowest BCUT2D eigenvalue weighted by Gasteiger charge is -2.43. The molecule has 0 bridgehead atoms. The summed E-state index contributed by atoms with van der Waals surface area (Å²) < 4.78 is 13.5. The SMILES string of the molecule is C[C@H]1[C@@H](CN2CCCCC2)O[C@@H](c2cccc(-c3cccc(CNC(=O)c4cccnc4)c3)c2)O[C@H]1c1ccc(CO)cc1. The Morgan fingerprint density at radius 2 is 1.66 bits per heavy atom. The molecular weight excluding hydrogens is 550 g/mol. The summed E-state index contributed by atoms with van der Waals surface area (Å²) in [5.41, 5.74) is 6.64. The fourth-order valence-corrected chi connectivity index (χ4v) is 6.23. The molecule has 0 saturated carbocycles. The van der Waals surface area contributed by atoms with Gasteiger partial charge in [-0.2, -0.15) is 0 Å². The van der Waals surface area contributed by atoms with Crippen LogP contribution < -0.4 is 5.32 Å². The topological polar surface area (TPSA) is 83.9 Å². The second kappa shape index (κ2) is 14.3. The summed E-state index contributed by atoms with van der Waals surface area (Å²) in [5.74, 6) is 0.0147. The Morgan fingerprint density at radius 1 is 0.886 bits per heavy atom. The number of ether oxygens (including phenoxy) is 2. The van der Waals surface area contributed by atoms with E-state index in [4.69, 9.17) is 9.47 Å². The maximum absolute atomic E-state index is 12.5. The zero-order chi connectivity index (χ0) is 30.3. The van der Waals surface area contributed by atoms with Crippen molar-refractivity contribution in [2.75, 3.05) is 19.6 Å². The summed E-state index contributed by atoms with van der Waals surface area (Å²) in [4.78, 5) is 19.1. The molecule has 1 amide bonds. The first-order chi connectivity index (χ1) is 21.6. The molecule has 6 rings (SSSR count). The lowest BCUT2D eigenvalue weighted by molar-refractivity contribution is -0.276. The van der Waals surface area contributed by atoms with E-state index in [2.05, 4.69) is 70.7 Å². The fourth-order valence-electron chi connectivity index (χ4n) is 6.23. The van der Waals surface area contributed by atoms with Crippen LogP contribution in [0.25, 0.3) is 11.1 Å². The number of nitrogens with one attached hydrogen (secondary N) is 1. The maximum atomic E-state index is 12.5. The van der Waals surface area contributed by atoms with E-state index >= 15 is 0 Å². The molecule has 44 heavy (non-hydrogen) atoms. The molecule has 0 unspecified atom stereocenters. The first kappa shape index (κ1) is 30.2. The van der Waals surface area contributed by atoms with Crippen LogP contribution in [0, 0.1) is 5.92 Å². The normalized spacial score (nSPS) is 22.4. The molecule has 4 aromatic rings. The summed E-state index contributed by atoms with van der Waals surface area (Å²) in [7, 11) is 0. The lowest BCUT2D eigenvalue weighted by atomic mass is 9.89. The van der Waals surface area contributed by atoms with Crippen LogP contribution in [-0.4, -0.2) is 46.6 Å². The monoisotopic (exact) mass is 591 g/mol. The molecule has 2 N–H and O–H groups in total. The van der Waals surface area contributed by atoms with Crippen molar-refractivity contribution in [2.45, 2.75) is 57.8 Å². The smallest absolute Gasteiger partial charge is 0.253 e. The van der Waals surface area contributed by atoms with Gasteiger partial charge >= 0.3 is 0 Å². The van der Waals surface area contributed by atoms with Crippen molar-refractivity contribution in [3.63, 3.8) is 0 Å². The van der Waals surface area contributed by atoms with Gasteiger partial charge < -0.3 is 24.8 Å².